The largest absolute Gasteiger partial charge is 0.0591 e. The smallest absolute Gasteiger partial charge is 0.0209 e. The van der Waals surface area contributed by atoms with E-state index in [9.17, 15) is 0 Å². The average molecular weight is 122 g/mol. The monoisotopic (exact) mass is 122 g/mol. The van der Waals surface area contributed by atoms with E-state index in [2.05, 4.69) is 13.8 Å². The molecule has 0 aromatic heterocycles. The second kappa shape index (κ2) is 0.889. The lowest BCUT2D eigenvalue weighted by molar-refractivity contribution is 0.0527. The fraction of sp³-hybridized carbons (Fsp3) is 1.00. The van der Waals surface area contributed by atoms with Crippen LogP contribution >= 0.6 is 0 Å². The maximum absolute atomic E-state index is 2.51. The molecule has 3 fully saturated rings. The van der Waals surface area contributed by atoms with Crippen LogP contribution in [0.5, 0.6) is 0 Å². The van der Waals surface area contributed by atoms with Crippen LogP contribution in [-0.2, 0) is 0 Å². The highest BCUT2D eigenvalue weighted by Gasteiger charge is 2.80. The molecule has 0 bridgehead atoms. The summed E-state index contributed by atoms with van der Waals surface area (Å²) < 4.78 is 0. The summed E-state index contributed by atoms with van der Waals surface area (Å²) in [5.41, 5.74) is 1.66. The normalized spacial score (nSPS) is 75.3. The summed E-state index contributed by atoms with van der Waals surface area (Å²) in [7, 11) is 0. The predicted molar refractivity (Wildman–Crippen MR) is 37.0 cm³/mol. The maximum atomic E-state index is 2.51. The van der Waals surface area contributed by atoms with E-state index in [1.165, 1.54) is 18.3 Å². The van der Waals surface area contributed by atoms with Crippen molar-refractivity contribution in [3.05, 3.63) is 0 Å². The van der Waals surface area contributed by atoms with Crippen LogP contribution in [0.2, 0.25) is 0 Å². The molecule has 50 valence electrons. The Balaban J connectivity index is 2.12. The van der Waals surface area contributed by atoms with Crippen molar-refractivity contribution < 1.29 is 0 Å². The molecule has 0 heterocycles. The molecule has 9 heavy (non-hydrogen) atoms. The SMILES string of the molecule is CC12CC[C@@H]3C(C1)[C@]32C. The Morgan fingerprint density at radius 2 is 2.00 bits per heavy atom. The van der Waals surface area contributed by atoms with Crippen LogP contribution in [0.4, 0.5) is 0 Å². The molecule has 0 spiro atoms. The zero-order valence-electron chi connectivity index (χ0n) is 6.28. The molecule has 0 amide bonds. The van der Waals surface area contributed by atoms with Crippen LogP contribution in [-0.4, -0.2) is 0 Å². The Morgan fingerprint density at radius 1 is 1.22 bits per heavy atom. The van der Waals surface area contributed by atoms with Crippen molar-refractivity contribution in [3.8, 4) is 0 Å². The first kappa shape index (κ1) is 4.76. The molecular formula is C9H14. The van der Waals surface area contributed by atoms with Crippen LogP contribution in [0.15, 0.2) is 0 Å². The van der Waals surface area contributed by atoms with E-state index in [1.807, 2.05) is 0 Å². The van der Waals surface area contributed by atoms with Gasteiger partial charge in [0.15, 0.2) is 0 Å². The van der Waals surface area contributed by atoms with Gasteiger partial charge in [0.05, 0.1) is 0 Å². The van der Waals surface area contributed by atoms with Crippen LogP contribution in [0.3, 0.4) is 0 Å². The number of rotatable bonds is 0. The Labute approximate surface area is 56.6 Å². The van der Waals surface area contributed by atoms with Crippen molar-refractivity contribution in [2.24, 2.45) is 22.7 Å². The molecule has 2 unspecified atom stereocenters. The van der Waals surface area contributed by atoms with Crippen molar-refractivity contribution in [1.82, 2.24) is 0 Å². The summed E-state index contributed by atoms with van der Waals surface area (Å²) in [6.45, 7) is 5.01. The first-order chi connectivity index (χ1) is 4.18. The standard InChI is InChI=1S/C9H14/c1-8-4-3-6-7(5-8)9(6,8)2/h6-7H,3-5H2,1-2H3/t6-,7?,8?,9+/m1/s1. The summed E-state index contributed by atoms with van der Waals surface area (Å²) in [6.07, 6.45) is 4.65. The minimum atomic E-state index is 0.808. The van der Waals surface area contributed by atoms with Gasteiger partial charge in [0.25, 0.3) is 0 Å². The van der Waals surface area contributed by atoms with E-state index < -0.39 is 0 Å². The Morgan fingerprint density at radius 3 is 2.11 bits per heavy atom. The fourth-order valence-electron chi connectivity index (χ4n) is 3.87. The van der Waals surface area contributed by atoms with Gasteiger partial charge in [-0.3, -0.25) is 0 Å². The maximum Gasteiger partial charge on any atom is -0.0209 e. The van der Waals surface area contributed by atoms with Gasteiger partial charge in [-0.25, -0.2) is 0 Å². The third kappa shape index (κ3) is 0.249. The molecule has 3 rings (SSSR count). The van der Waals surface area contributed by atoms with Gasteiger partial charge in [0, 0.05) is 0 Å². The Hall–Kier alpha value is 0. The summed E-state index contributed by atoms with van der Waals surface area (Å²) >= 11 is 0. The van der Waals surface area contributed by atoms with Gasteiger partial charge >= 0.3 is 0 Å². The van der Waals surface area contributed by atoms with Gasteiger partial charge in [-0.15, -0.1) is 0 Å². The molecule has 0 nitrogen and oxygen atoms in total. The summed E-state index contributed by atoms with van der Waals surface area (Å²) in [6, 6.07) is 0. The zero-order valence-corrected chi connectivity index (χ0v) is 6.28. The first-order valence-electron chi connectivity index (χ1n) is 4.18. The third-order valence-electron chi connectivity index (χ3n) is 4.90. The molecule has 4 atom stereocenters. The van der Waals surface area contributed by atoms with E-state index in [0.717, 1.165) is 10.8 Å². The molecule has 3 aliphatic carbocycles. The van der Waals surface area contributed by atoms with Crippen LogP contribution in [0.1, 0.15) is 33.1 Å². The van der Waals surface area contributed by atoms with Gasteiger partial charge < -0.3 is 0 Å². The molecule has 0 radical (unpaired) electrons. The summed E-state index contributed by atoms with van der Waals surface area (Å²) in [5, 5.41) is 0. The van der Waals surface area contributed by atoms with Crippen molar-refractivity contribution in [2.75, 3.05) is 0 Å². The summed E-state index contributed by atoms with van der Waals surface area (Å²) in [4.78, 5) is 0. The summed E-state index contributed by atoms with van der Waals surface area (Å²) in [5.74, 6) is 2.35. The first-order valence-corrected chi connectivity index (χ1v) is 4.18. The van der Waals surface area contributed by atoms with E-state index in [1.54, 1.807) is 12.8 Å². The van der Waals surface area contributed by atoms with Crippen molar-refractivity contribution in [2.45, 2.75) is 33.1 Å². The van der Waals surface area contributed by atoms with Gasteiger partial charge in [0.2, 0.25) is 0 Å². The van der Waals surface area contributed by atoms with Crippen molar-refractivity contribution >= 4 is 0 Å². The van der Waals surface area contributed by atoms with Gasteiger partial charge in [0.1, 0.15) is 0 Å². The highest BCUT2D eigenvalue weighted by Crippen LogP contribution is 2.87. The molecule has 0 aromatic carbocycles. The van der Waals surface area contributed by atoms with E-state index in [4.69, 9.17) is 0 Å². The van der Waals surface area contributed by atoms with Gasteiger partial charge in [-0.1, -0.05) is 13.8 Å². The van der Waals surface area contributed by atoms with E-state index >= 15 is 0 Å². The second-order valence-corrected chi connectivity index (χ2v) is 4.80. The second-order valence-electron chi connectivity index (χ2n) is 4.80. The molecule has 3 aliphatic rings. The highest BCUT2D eigenvalue weighted by atomic mass is 14.8. The lowest BCUT2D eigenvalue weighted by atomic mass is 9.61. The molecule has 0 heteroatoms. The lowest BCUT2D eigenvalue weighted by Gasteiger charge is -2.44. The molecule has 0 aromatic rings. The number of fused-ring (bicyclic) bond motifs is 1. The van der Waals surface area contributed by atoms with E-state index in [0.29, 0.717) is 0 Å². The van der Waals surface area contributed by atoms with E-state index in [-0.39, 0.29) is 0 Å². The number of hydrogen-bond donors (Lipinski definition) is 0. The lowest BCUT2D eigenvalue weighted by Crippen LogP contribution is -2.36. The minimum absolute atomic E-state index is 0.808. The topological polar surface area (TPSA) is 0 Å². The quantitative estimate of drug-likeness (QED) is 0.463. The Bertz CT molecular complexity index is 178. The third-order valence-corrected chi connectivity index (χ3v) is 4.90. The zero-order chi connectivity index (χ0) is 6.28. The molecule has 0 saturated heterocycles. The minimum Gasteiger partial charge on any atom is -0.0591 e. The fourth-order valence-corrected chi connectivity index (χ4v) is 3.87. The number of hydrogen-bond acceptors (Lipinski definition) is 0. The highest BCUT2D eigenvalue weighted by molar-refractivity contribution is 5.29. The van der Waals surface area contributed by atoms with Crippen molar-refractivity contribution in [1.29, 1.82) is 0 Å². The Kier molecular flexibility index (Phi) is 0.470. The van der Waals surface area contributed by atoms with Crippen LogP contribution in [0, 0.1) is 22.7 Å². The molecule has 0 aliphatic heterocycles. The van der Waals surface area contributed by atoms with Crippen LogP contribution in [0.25, 0.3) is 0 Å². The predicted octanol–water partition coefficient (Wildman–Crippen LogP) is 2.44. The van der Waals surface area contributed by atoms with Gasteiger partial charge in [-0.05, 0) is 41.9 Å². The molecular weight excluding hydrogens is 108 g/mol. The molecule has 3 saturated carbocycles. The van der Waals surface area contributed by atoms with Gasteiger partial charge in [-0.2, -0.15) is 0 Å². The average Bonchev–Trinajstić information content (AvgIpc) is 2.25. The van der Waals surface area contributed by atoms with Crippen molar-refractivity contribution in [3.63, 3.8) is 0 Å². The van der Waals surface area contributed by atoms with Crippen LogP contribution < -0.4 is 0 Å². The molecule has 0 N–H and O–H groups in total.